The van der Waals surface area contributed by atoms with Gasteiger partial charge in [-0.2, -0.15) is 0 Å². The smallest absolute Gasteiger partial charge is 0.323 e. The van der Waals surface area contributed by atoms with Crippen molar-refractivity contribution in [1.29, 1.82) is 0 Å². The summed E-state index contributed by atoms with van der Waals surface area (Å²) in [6.07, 6.45) is 0. The highest BCUT2D eigenvalue weighted by Crippen LogP contribution is 2.12. The fourth-order valence-electron chi connectivity index (χ4n) is 2.05. The predicted octanol–water partition coefficient (Wildman–Crippen LogP) is 2.86. The van der Waals surface area contributed by atoms with Crippen molar-refractivity contribution in [3.63, 3.8) is 0 Å². The van der Waals surface area contributed by atoms with E-state index >= 15 is 0 Å². The van der Waals surface area contributed by atoms with Crippen LogP contribution >= 0.6 is 0 Å². The fourth-order valence-corrected chi connectivity index (χ4v) is 2.05. The minimum Gasteiger partial charge on any atom is -0.480 e. The van der Waals surface area contributed by atoms with Crippen molar-refractivity contribution in [2.24, 2.45) is 0 Å². The number of hydrogen-bond donors (Lipinski definition) is 1. The Hall–Kier alpha value is -2.69. The summed E-state index contributed by atoms with van der Waals surface area (Å²) >= 11 is 0. The van der Waals surface area contributed by atoms with E-state index in [1.165, 1.54) is 29.2 Å². The molecule has 22 heavy (non-hydrogen) atoms. The van der Waals surface area contributed by atoms with Crippen LogP contribution in [0.2, 0.25) is 0 Å². The van der Waals surface area contributed by atoms with E-state index in [-0.39, 0.29) is 18.3 Å². The molecule has 4 nitrogen and oxygen atoms in total. The second-order valence-corrected chi connectivity index (χ2v) is 5.05. The minimum absolute atomic E-state index is 0.110. The van der Waals surface area contributed by atoms with Gasteiger partial charge in [-0.05, 0) is 36.8 Å². The molecule has 0 aromatic heterocycles. The molecule has 0 saturated carbocycles. The Kier molecular flexibility index (Phi) is 4.88. The average Bonchev–Trinajstić information content (AvgIpc) is 2.48. The zero-order valence-corrected chi connectivity index (χ0v) is 12.1. The molecule has 0 unspecified atom stereocenters. The highest BCUT2D eigenvalue weighted by Gasteiger charge is 2.18. The molecular weight excluding hydrogens is 285 g/mol. The third-order valence-corrected chi connectivity index (χ3v) is 3.20. The number of aliphatic carboxylic acids is 1. The lowest BCUT2D eigenvalue weighted by Crippen LogP contribution is -2.35. The van der Waals surface area contributed by atoms with Crippen LogP contribution in [0.1, 0.15) is 21.5 Å². The van der Waals surface area contributed by atoms with Gasteiger partial charge in [-0.1, -0.05) is 29.8 Å². The molecule has 0 aliphatic heterocycles. The SMILES string of the molecule is Cc1ccc(C(=O)N(CC(=O)O)Cc2ccc(F)cc2)cc1. The quantitative estimate of drug-likeness (QED) is 0.924. The zero-order valence-electron chi connectivity index (χ0n) is 12.1. The molecule has 2 rings (SSSR count). The molecule has 0 aliphatic carbocycles. The standard InChI is InChI=1S/C17H16FNO3/c1-12-2-6-14(7-3-12)17(22)19(11-16(20)21)10-13-4-8-15(18)9-5-13/h2-9H,10-11H2,1H3,(H,20,21). The molecule has 0 spiro atoms. The Bertz CT molecular complexity index is 665. The van der Waals surface area contributed by atoms with Gasteiger partial charge in [0.15, 0.2) is 0 Å². The molecule has 0 fully saturated rings. The largest absolute Gasteiger partial charge is 0.480 e. The second kappa shape index (κ2) is 6.85. The lowest BCUT2D eigenvalue weighted by atomic mass is 10.1. The topological polar surface area (TPSA) is 57.6 Å². The molecule has 0 aliphatic rings. The van der Waals surface area contributed by atoms with Crippen molar-refractivity contribution in [3.05, 3.63) is 71.0 Å². The summed E-state index contributed by atoms with van der Waals surface area (Å²) in [7, 11) is 0. The minimum atomic E-state index is -1.09. The van der Waals surface area contributed by atoms with Crippen molar-refractivity contribution in [1.82, 2.24) is 4.90 Å². The Labute approximate surface area is 127 Å². The van der Waals surface area contributed by atoms with Crippen molar-refractivity contribution < 1.29 is 19.1 Å². The number of amides is 1. The van der Waals surface area contributed by atoms with Gasteiger partial charge in [0.2, 0.25) is 0 Å². The first-order valence-electron chi connectivity index (χ1n) is 6.78. The summed E-state index contributed by atoms with van der Waals surface area (Å²) in [5.74, 6) is -1.84. The molecule has 5 heteroatoms. The molecule has 0 radical (unpaired) electrons. The fraction of sp³-hybridized carbons (Fsp3) is 0.176. The third-order valence-electron chi connectivity index (χ3n) is 3.20. The van der Waals surface area contributed by atoms with Gasteiger partial charge in [0.25, 0.3) is 5.91 Å². The van der Waals surface area contributed by atoms with E-state index in [0.717, 1.165) is 5.56 Å². The van der Waals surface area contributed by atoms with Crippen molar-refractivity contribution in [3.8, 4) is 0 Å². The van der Waals surface area contributed by atoms with Gasteiger partial charge in [0.1, 0.15) is 12.4 Å². The first-order chi connectivity index (χ1) is 10.5. The third kappa shape index (κ3) is 4.15. The number of aryl methyl sites for hydroxylation is 1. The number of carbonyl (C=O) groups is 2. The molecule has 0 atom stereocenters. The number of nitrogens with zero attached hydrogens (tertiary/aromatic N) is 1. The van der Waals surface area contributed by atoms with E-state index in [2.05, 4.69) is 0 Å². The number of rotatable bonds is 5. The highest BCUT2D eigenvalue weighted by atomic mass is 19.1. The molecule has 0 saturated heterocycles. The normalized spacial score (nSPS) is 10.3. The van der Waals surface area contributed by atoms with Gasteiger partial charge < -0.3 is 10.0 Å². The Morgan fingerprint density at radius 1 is 1.05 bits per heavy atom. The van der Waals surface area contributed by atoms with Crippen LogP contribution in [-0.2, 0) is 11.3 Å². The number of hydrogen-bond acceptors (Lipinski definition) is 2. The number of carboxylic acids is 1. The van der Waals surface area contributed by atoms with Gasteiger partial charge in [0.05, 0.1) is 0 Å². The summed E-state index contributed by atoms with van der Waals surface area (Å²) in [5.41, 5.74) is 2.11. The molecule has 1 N–H and O–H groups in total. The van der Waals surface area contributed by atoms with E-state index in [1.807, 2.05) is 6.92 Å². The summed E-state index contributed by atoms with van der Waals surface area (Å²) < 4.78 is 12.9. The number of benzene rings is 2. The maximum Gasteiger partial charge on any atom is 0.323 e. The monoisotopic (exact) mass is 301 g/mol. The first kappa shape index (κ1) is 15.7. The van der Waals surface area contributed by atoms with Crippen LogP contribution in [0.4, 0.5) is 4.39 Å². The second-order valence-electron chi connectivity index (χ2n) is 5.05. The summed E-state index contributed by atoms with van der Waals surface area (Å²) in [6, 6.07) is 12.6. The summed E-state index contributed by atoms with van der Waals surface area (Å²) in [4.78, 5) is 24.7. The predicted molar refractivity (Wildman–Crippen MR) is 80.0 cm³/mol. The Morgan fingerprint density at radius 3 is 2.18 bits per heavy atom. The Morgan fingerprint density at radius 2 is 1.64 bits per heavy atom. The molecule has 2 aromatic carbocycles. The van der Waals surface area contributed by atoms with Crippen molar-refractivity contribution in [2.75, 3.05) is 6.54 Å². The van der Waals surface area contributed by atoms with Crippen LogP contribution in [0.3, 0.4) is 0 Å². The van der Waals surface area contributed by atoms with Crippen molar-refractivity contribution in [2.45, 2.75) is 13.5 Å². The molecular formula is C17H16FNO3. The van der Waals surface area contributed by atoms with E-state index in [9.17, 15) is 14.0 Å². The number of carboxylic acid groups (broad SMARTS) is 1. The van der Waals surface area contributed by atoms with E-state index in [4.69, 9.17) is 5.11 Å². The summed E-state index contributed by atoms with van der Waals surface area (Å²) in [5, 5.41) is 8.99. The van der Waals surface area contributed by atoms with Gasteiger partial charge in [-0.25, -0.2) is 4.39 Å². The first-order valence-corrected chi connectivity index (χ1v) is 6.78. The maximum atomic E-state index is 12.9. The molecule has 0 bridgehead atoms. The average molecular weight is 301 g/mol. The van der Waals surface area contributed by atoms with E-state index in [0.29, 0.717) is 11.1 Å². The zero-order chi connectivity index (χ0) is 16.1. The van der Waals surface area contributed by atoms with Crippen molar-refractivity contribution >= 4 is 11.9 Å². The lowest BCUT2D eigenvalue weighted by Gasteiger charge is -2.21. The molecule has 0 heterocycles. The van der Waals surface area contributed by atoms with Gasteiger partial charge >= 0.3 is 5.97 Å². The van der Waals surface area contributed by atoms with Gasteiger partial charge in [-0.15, -0.1) is 0 Å². The van der Waals surface area contributed by atoms with Crippen LogP contribution < -0.4 is 0 Å². The van der Waals surface area contributed by atoms with Crippen LogP contribution in [0.5, 0.6) is 0 Å². The van der Waals surface area contributed by atoms with Gasteiger partial charge in [-0.3, -0.25) is 9.59 Å². The van der Waals surface area contributed by atoms with Crippen LogP contribution in [0.15, 0.2) is 48.5 Å². The molecule has 2 aromatic rings. The maximum absolute atomic E-state index is 12.9. The lowest BCUT2D eigenvalue weighted by molar-refractivity contribution is -0.137. The molecule has 114 valence electrons. The number of halogens is 1. The van der Waals surface area contributed by atoms with E-state index in [1.54, 1.807) is 24.3 Å². The van der Waals surface area contributed by atoms with E-state index < -0.39 is 12.5 Å². The number of carbonyl (C=O) groups excluding carboxylic acids is 1. The van der Waals surface area contributed by atoms with Crippen LogP contribution in [-0.4, -0.2) is 28.4 Å². The molecule has 1 amide bonds. The van der Waals surface area contributed by atoms with Gasteiger partial charge in [0, 0.05) is 12.1 Å². The van der Waals surface area contributed by atoms with Crippen LogP contribution in [0.25, 0.3) is 0 Å². The highest BCUT2D eigenvalue weighted by molar-refractivity contribution is 5.95. The van der Waals surface area contributed by atoms with Crippen LogP contribution in [0, 0.1) is 12.7 Å². The summed E-state index contributed by atoms with van der Waals surface area (Å²) in [6.45, 7) is 1.60. The Balaban J connectivity index is 2.21.